The Hall–Kier alpha value is -1.94. The van der Waals surface area contributed by atoms with Gasteiger partial charge in [0.15, 0.2) is 0 Å². The third kappa shape index (κ3) is 5.03. The van der Waals surface area contributed by atoms with E-state index in [0.29, 0.717) is 5.75 Å². The number of aryl methyl sites for hydroxylation is 2. The van der Waals surface area contributed by atoms with Crippen LogP contribution in [0.15, 0.2) is 47.4 Å². The summed E-state index contributed by atoms with van der Waals surface area (Å²) < 4.78 is 5.13. The largest absolute Gasteiger partial charge is 0.497 e. The highest BCUT2D eigenvalue weighted by Crippen LogP contribution is 2.22. The molecule has 2 rings (SSSR count). The van der Waals surface area contributed by atoms with Crippen LogP contribution in [0, 0.1) is 13.8 Å². The van der Waals surface area contributed by atoms with Crippen molar-refractivity contribution in [2.75, 3.05) is 12.9 Å². The Labute approximate surface area is 142 Å². The molecule has 0 unspecified atom stereocenters. The number of carbonyl (C=O) groups excluding carboxylic acids is 1. The van der Waals surface area contributed by atoms with Gasteiger partial charge in [-0.25, -0.2) is 0 Å². The number of ether oxygens (including phenoxy) is 1. The van der Waals surface area contributed by atoms with Crippen molar-refractivity contribution in [2.24, 2.45) is 0 Å². The second-order valence-electron chi connectivity index (χ2n) is 5.60. The third-order valence-electron chi connectivity index (χ3n) is 3.84. The molecule has 122 valence electrons. The number of hydrogen-bond acceptors (Lipinski definition) is 3. The Morgan fingerprint density at radius 3 is 2.43 bits per heavy atom. The summed E-state index contributed by atoms with van der Waals surface area (Å²) >= 11 is 1.52. The molecule has 0 saturated carbocycles. The maximum Gasteiger partial charge on any atom is 0.230 e. The molecule has 0 saturated heterocycles. The van der Waals surface area contributed by atoms with E-state index in [1.165, 1.54) is 22.9 Å². The van der Waals surface area contributed by atoms with Crippen molar-refractivity contribution in [3.8, 4) is 5.75 Å². The van der Waals surface area contributed by atoms with Crippen molar-refractivity contribution in [3.05, 3.63) is 59.2 Å². The minimum absolute atomic E-state index is 0.0123. The molecule has 0 spiro atoms. The quantitative estimate of drug-likeness (QED) is 0.804. The number of methoxy groups -OCH3 is 1. The zero-order valence-electron chi connectivity index (χ0n) is 14.1. The maximum absolute atomic E-state index is 12.1. The molecular formula is C19H23NO2S. The van der Waals surface area contributed by atoms with Gasteiger partial charge in [-0.2, -0.15) is 0 Å². The lowest BCUT2D eigenvalue weighted by Crippen LogP contribution is -2.28. The Morgan fingerprint density at radius 2 is 1.83 bits per heavy atom. The van der Waals surface area contributed by atoms with E-state index in [0.717, 1.165) is 16.2 Å². The first-order chi connectivity index (χ1) is 11.0. The van der Waals surface area contributed by atoms with Crippen molar-refractivity contribution in [3.63, 3.8) is 0 Å². The number of carbonyl (C=O) groups is 1. The Kier molecular flexibility index (Phi) is 6.11. The average molecular weight is 329 g/mol. The van der Waals surface area contributed by atoms with Crippen molar-refractivity contribution < 1.29 is 9.53 Å². The van der Waals surface area contributed by atoms with Gasteiger partial charge in [0.25, 0.3) is 0 Å². The number of rotatable bonds is 6. The van der Waals surface area contributed by atoms with E-state index in [2.05, 4.69) is 37.4 Å². The number of hydrogen-bond donors (Lipinski definition) is 1. The summed E-state index contributed by atoms with van der Waals surface area (Å²) in [5, 5.41) is 3.05. The van der Waals surface area contributed by atoms with Crippen molar-refractivity contribution in [1.82, 2.24) is 5.32 Å². The summed E-state index contributed by atoms with van der Waals surface area (Å²) in [6.45, 7) is 6.20. The minimum Gasteiger partial charge on any atom is -0.497 e. The van der Waals surface area contributed by atoms with Gasteiger partial charge < -0.3 is 10.1 Å². The van der Waals surface area contributed by atoms with Crippen LogP contribution in [0.3, 0.4) is 0 Å². The fourth-order valence-corrected chi connectivity index (χ4v) is 2.93. The lowest BCUT2D eigenvalue weighted by molar-refractivity contribution is -0.119. The van der Waals surface area contributed by atoms with Gasteiger partial charge in [-0.15, -0.1) is 11.8 Å². The molecule has 1 amide bonds. The van der Waals surface area contributed by atoms with Crippen LogP contribution in [0.4, 0.5) is 0 Å². The molecule has 0 aliphatic carbocycles. The molecule has 2 aromatic carbocycles. The highest BCUT2D eigenvalue weighted by atomic mass is 32.2. The van der Waals surface area contributed by atoms with Crippen LogP contribution >= 0.6 is 11.8 Å². The molecular weight excluding hydrogens is 306 g/mol. The van der Waals surface area contributed by atoms with Crippen LogP contribution in [0.25, 0.3) is 0 Å². The topological polar surface area (TPSA) is 38.3 Å². The molecule has 1 N–H and O–H groups in total. The number of benzene rings is 2. The minimum atomic E-state index is 0.0123. The summed E-state index contributed by atoms with van der Waals surface area (Å²) in [5.74, 6) is 1.26. The van der Waals surface area contributed by atoms with Crippen LogP contribution in [0.2, 0.25) is 0 Å². The van der Waals surface area contributed by atoms with E-state index in [-0.39, 0.29) is 11.9 Å². The summed E-state index contributed by atoms with van der Waals surface area (Å²) in [5.41, 5.74) is 3.65. The normalized spacial score (nSPS) is 11.8. The maximum atomic E-state index is 12.1. The van der Waals surface area contributed by atoms with Gasteiger partial charge in [-0.05, 0) is 61.7 Å². The first kappa shape index (κ1) is 17.4. The Morgan fingerprint density at radius 1 is 1.13 bits per heavy atom. The van der Waals surface area contributed by atoms with Crippen molar-refractivity contribution in [1.29, 1.82) is 0 Å². The van der Waals surface area contributed by atoms with E-state index in [1.807, 2.05) is 31.2 Å². The molecule has 0 radical (unpaired) electrons. The number of thioether (sulfide) groups is 1. The fraction of sp³-hybridized carbons (Fsp3) is 0.316. The van der Waals surface area contributed by atoms with Gasteiger partial charge in [-0.1, -0.05) is 18.2 Å². The molecule has 0 heterocycles. The van der Waals surface area contributed by atoms with Gasteiger partial charge in [0, 0.05) is 4.90 Å². The third-order valence-corrected chi connectivity index (χ3v) is 4.85. The first-order valence-corrected chi connectivity index (χ1v) is 8.61. The smallest absolute Gasteiger partial charge is 0.230 e. The second-order valence-corrected chi connectivity index (χ2v) is 6.65. The van der Waals surface area contributed by atoms with Crippen LogP contribution in [-0.4, -0.2) is 18.8 Å². The van der Waals surface area contributed by atoms with Gasteiger partial charge in [-0.3, -0.25) is 4.79 Å². The van der Waals surface area contributed by atoms with Gasteiger partial charge >= 0.3 is 0 Å². The predicted octanol–water partition coefficient (Wildman–Crippen LogP) is 4.28. The van der Waals surface area contributed by atoms with Crippen molar-refractivity contribution in [2.45, 2.75) is 31.7 Å². The highest BCUT2D eigenvalue weighted by Gasteiger charge is 2.10. The molecule has 0 aromatic heterocycles. The molecule has 2 aromatic rings. The summed E-state index contributed by atoms with van der Waals surface area (Å²) in [6.07, 6.45) is 0. The Balaban J connectivity index is 1.86. The van der Waals surface area contributed by atoms with Crippen molar-refractivity contribution >= 4 is 17.7 Å². The summed E-state index contributed by atoms with van der Waals surface area (Å²) in [4.78, 5) is 13.2. The number of nitrogens with one attached hydrogen (secondary N) is 1. The van der Waals surface area contributed by atoms with Crippen LogP contribution in [0.1, 0.15) is 29.7 Å². The fourth-order valence-electron chi connectivity index (χ4n) is 2.22. The summed E-state index contributed by atoms with van der Waals surface area (Å²) in [6, 6.07) is 14.0. The molecule has 0 aliphatic rings. The predicted molar refractivity (Wildman–Crippen MR) is 96.2 cm³/mol. The molecule has 0 aliphatic heterocycles. The molecule has 23 heavy (non-hydrogen) atoms. The van der Waals surface area contributed by atoms with Crippen LogP contribution in [0.5, 0.6) is 5.75 Å². The van der Waals surface area contributed by atoms with Crippen LogP contribution in [-0.2, 0) is 4.79 Å². The molecule has 4 heteroatoms. The van der Waals surface area contributed by atoms with E-state index in [9.17, 15) is 4.79 Å². The molecule has 0 bridgehead atoms. The van der Waals surface area contributed by atoms with Gasteiger partial charge in [0.2, 0.25) is 5.91 Å². The van der Waals surface area contributed by atoms with Gasteiger partial charge in [0.05, 0.1) is 18.9 Å². The van der Waals surface area contributed by atoms with E-state index < -0.39 is 0 Å². The Bertz CT molecular complexity index is 668. The van der Waals surface area contributed by atoms with Crippen LogP contribution < -0.4 is 10.1 Å². The molecule has 3 nitrogen and oxygen atoms in total. The zero-order chi connectivity index (χ0) is 16.8. The first-order valence-electron chi connectivity index (χ1n) is 7.63. The lowest BCUT2D eigenvalue weighted by Gasteiger charge is -2.15. The van der Waals surface area contributed by atoms with E-state index in [4.69, 9.17) is 4.74 Å². The SMILES string of the molecule is COc1ccc(SCC(=O)N[C@@H](C)c2ccc(C)c(C)c2)cc1. The van der Waals surface area contributed by atoms with E-state index >= 15 is 0 Å². The van der Waals surface area contributed by atoms with Gasteiger partial charge in [0.1, 0.15) is 5.75 Å². The molecule has 0 fully saturated rings. The summed E-state index contributed by atoms with van der Waals surface area (Å²) in [7, 11) is 1.64. The zero-order valence-corrected chi connectivity index (χ0v) is 14.9. The molecule has 1 atom stereocenters. The standard InChI is InChI=1S/C19H23NO2S/c1-13-5-6-16(11-14(13)2)15(3)20-19(21)12-23-18-9-7-17(22-4)8-10-18/h5-11,15H,12H2,1-4H3,(H,20,21)/t15-/m0/s1. The monoisotopic (exact) mass is 329 g/mol. The number of amides is 1. The average Bonchev–Trinajstić information content (AvgIpc) is 2.55. The lowest BCUT2D eigenvalue weighted by atomic mass is 10.0. The highest BCUT2D eigenvalue weighted by molar-refractivity contribution is 8.00. The second kappa shape index (κ2) is 8.06. The van der Waals surface area contributed by atoms with E-state index in [1.54, 1.807) is 7.11 Å².